The predicted molar refractivity (Wildman–Crippen MR) is 213 cm³/mol. The number of halogens is 1. The summed E-state index contributed by atoms with van der Waals surface area (Å²) in [5.74, 6) is -1.18. The van der Waals surface area contributed by atoms with Crippen LogP contribution in [0.3, 0.4) is 0 Å². The minimum absolute atomic E-state index is 0.158. The summed E-state index contributed by atoms with van der Waals surface area (Å²) in [5.41, 5.74) is 3.59. The van der Waals surface area contributed by atoms with Crippen molar-refractivity contribution in [2.45, 2.75) is 90.5 Å². The number of amides is 2. The predicted octanol–water partition coefficient (Wildman–Crippen LogP) is 8.58. The van der Waals surface area contributed by atoms with Crippen molar-refractivity contribution in [2.75, 3.05) is 0 Å². The van der Waals surface area contributed by atoms with Gasteiger partial charge in [-0.25, -0.2) is 4.39 Å². The Bertz CT molecular complexity index is 2080. The summed E-state index contributed by atoms with van der Waals surface area (Å²) >= 11 is 0. The van der Waals surface area contributed by atoms with Crippen molar-refractivity contribution in [3.05, 3.63) is 149 Å². The van der Waals surface area contributed by atoms with Gasteiger partial charge in [-0.05, 0) is 93.2 Å². The van der Waals surface area contributed by atoms with Crippen LogP contribution < -0.4 is 10.4 Å². The molecular formula is C46H48FNO5Si. The Morgan fingerprint density at radius 2 is 1.41 bits per heavy atom. The molecule has 1 unspecified atom stereocenters. The summed E-state index contributed by atoms with van der Waals surface area (Å²) in [4.78, 5) is 42.0. The molecule has 54 heavy (non-hydrogen) atoms. The molecule has 3 aliphatic rings. The summed E-state index contributed by atoms with van der Waals surface area (Å²) in [6.45, 7) is 12.6. The third-order valence-corrected chi connectivity index (χ3v) is 16.4. The Labute approximate surface area is 318 Å². The van der Waals surface area contributed by atoms with Gasteiger partial charge in [0.15, 0.2) is 0 Å². The first-order valence-electron chi connectivity index (χ1n) is 18.8. The van der Waals surface area contributed by atoms with E-state index in [0.29, 0.717) is 36.0 Å². The first-order chi connectivity index (χ1) is 25.7. The number of esters is 1. The molecule has 2 amide bonds. The van der Waals surface area contributed by atoms with Gasteiger partial charge in [0.1, 0.15) is 11.9 Å². The SMILES string of the molecule is Cc1cc(C2=C(C=C[C@@H]3C[C@@H](O[Si](c4ccccc4)(c4ccccc4)C(C)(C)C)CC(=O)O3)C(C)(C)CC(N3C(=O)c4ccccc4C3=O)C2)ccc1F. The van der Waals surface area contributed by atoms with E-state index in [1.165, 1.54) is 11.0 Å². The van der Waals surface area contributed by atoms with Crippen molar-refractivity contribution >= 4 is 42.0 Å². The molecule has 1 fully saturated rings. The lowest BCUT2D eigenvalue weighted by atomic mass is 9.68. The maximum Gasteiger partial charge on any atom is 0.308 e. The smallest absolute Gasteiger partial charge is 0.308 e. The molecule has 0 saturated carbocycles. The first kappa shape index (κ1) is 37.4. The van der Waals surface area contributed by atoms with Crippen LogP contribution in [-0.2, 0) is 14.0 Å². The van der Waals surface area contributed by atoms with Crippen LogP contribution in [0.15, 0.2) is 121 Å². The molecule has 2 aliphatic heterocycles. The number of allylic oxidation sites excluding steroid dienone is 2. The molecule has 278 valence electrons. The van der Waals surface area contributed by atoms with Gasteiger partial charge in [0.25, 0.3) is 20.1 Å². The van der Waals surface area contributed by atoms with Gasteiger partial charge < -0.3 is 9.16 Å². The van der Waals surface area contributed by atoms with Crippen LogP contribution in [-0.4, -0.2) is 49.3 Å². The number of aryl methyl sites for hydroxylation is 1. The number of hydrogen-bond donors (Lipinski definition) is 0. The highest BCUT2D eigenvalue weighted by Crippen LogP contribution is 2.48. The number of cyclic esters (lactones) is 1. The molecule has 4 aromatic carbocycles. The van der Waals surface area contributed by atoms with Crippen molar-refractivity contribution in [1.29, 1.82) is 0 Å². The highest BCUT2D eigenvalue weighted by molar-refractivity contribution is 6.99. The zero-order chi connectivity index (χ0) is 38.4. The van der Waals surface area contributed by atoms with Crippen LogP contribution in [0.4, 0.5) is 4.39 Å². The van der Waals surface area contributed by atoms with Crippen LogP contribution in [0.25, 0.3) is 5.57 Å². The molecule has 0 bridgehead atoms. The van der Waals surface area contributed by atoms with E-state index < -0.39 is 25.9 Å². The molecule has 4 aromatic rings. The van der Waals surface area contributed by atoms with Gasteiger partial charge in [0.05, 0.1) is 23.7 Å². The molecule has 1 saturated heterocycles. The Morgan fingerprint density at radius 3 is 1.96 bits per heavy atom. The monoisotopic (exact) mass is 741 g/mol. The number of carbonyl (C=O) groups excluding carboxylic acids is 3. The van der Waals surface area contributed by atoms with Crippen LogP contribution in [0, 0.1) is 18.2 Å². The topological polar surface area (TPSA) is 72.9 Å². The second kappa shape index (κ2) is 14.4. The van der Waals surface area contributed by atoms with E-state index in [2.05, 4.69) is 83.1 Å². The van der Waals surface area contributed by atoms with Gasteiger partial charge in [-0.15, -0.1) is 0 Å². The normalized spacial score (nSPS) is 21.8. The fourth-order valence-corrected chi connectivity index (χ4v) is 13.5. The average molecular weight is 742 g/mol. The number of nitrogens with zero attached hydrogens (tertiary/aromatic N) is 1. The number of carbonyl (C=O) groups is 3. The standard InChI is InChI=1S/C46H48FNO5Si/c1-30-25-31(21-24-41(30)47)39-26-32(48-43(50)37-19-13-14-20-38(37)44(48)51)29-46(5,6)40(39)23-22-33-27-34(28-42(49)52-33)53-54(45(2,3)4,35-15-9-7-10-16-35)36-17-11-8-12-18-36/h7-25,32-34H,26-29H2,1-6H3/t32?,33-,34-/m1/s1. The maximum absolute atomic E-state index is 14.6. The average Bonchev–Trinajstić information content (AvgIpc) is 3.39. The highest BCUT2D eigenvalue weighted by Gasteiger charge is 2.52. The molecule has 1 aliphatic carbocycles. The molecule has 0 radical (unpaired) electrons. The number of hydrogen-bond acceptors (Lipinski definition) is 5. The summed E-state index contributed by atoms with van der Waals surface area (Å²) in [7, 11) is -2.93. The molecule has 2 heterocycles. The Hall–Kier alpha value is -4.92. The molecular weight excluding hydrogens is 694 g/mol. The number of ether oxygens (including phenoxy) is 1. The molecule has 0 aromatic heterocycles. The Morgan fingerprint density at radius 1 is 0.833 bits per heavy atom. The van der Waals surface area contributed by atoms with Crippen LogP contribution >= 0.6 is 0 Å². The minimum atomic E-state index is -2.93. The van der Waals surface area contributed by atoms with Gasteiger partial charge >= 0.3 is 5.97 Å². The minimum Gasteiger partial charge on any atom is -0.458 e. The van der Waals surface area contributed by atoms with E-state index in [1.54, 1.807) is 37.3 Å². The third kappa shape index (κ3) is 6.82. The van der Waals surface area contributed by atoms with Gasteiger partial charge in [0.2, 0.25) is 0 Å². The van der Waals surface area contributed by atoms with Gasteiger partial charge in [0, 0.05) is 12.5 Å². The third-order valence-electron chi connectivity index (χ3n) is 11.3. The molecule has 6 nitrogen and oxygen atoms in total. The van der Waals surface area contributed by atoms with E-state index >= 15 is 0 Å². The Balaban J connectivity index is 1.24. The molecule has 7 rings (SSSR count). The van der Waals surface area contributed by atoms with E-state index in [4.69, 9.17) is 9.16 Å². The van der Waals surface area contributed by atoms with Crippen LogP contribution in [0.5, 0.6) is 0 Å². The van der Waals surface area contributed by atoms with Crippen molar-refractivity contribution in [2.24, 2.45) is 5.41 Å². The number of fused-ring (bicyclic) bond motifs is 1. The van der Waals surface area contributed by atoms with Crippen LogP contribution in [0.1, 0.15) is 92.1 Å². The van der Waals surface area contributed by atoms with Gasteiger partial charge in [-0.2, -0.15) is 0 Å². The van der Waals surface area contributed by atoms with Crippen molar-refractivity contribution in [3.8, 4) is 0 Å². The second-order valence-corrected chi connectivity index (χ2v) is 20.8. The summed E-state index contributed by atoms with van der Waals surface area (Å²) in [5, 5.41) is 2.05. The van der Waals surface area contributed by atoms with E-state index in [0.717, 1.165) is 27.1 Å². The number of rotatable bonds is 8. The molecule has 0 N–H and O–H groups in total. The molecule has 8 heteroatoms. The lowest BCUT2D eigenvalue weighted by molar-refractivity contribution is -0.155. The van der Waals surface area contributed by atoms with Gasteiger partial charge in [-0.3, -0.25) is 19.3 Å². The maximum atomic E-state index is 14.6. The highest BCUT2D eigenvalue weighted by atomic mass is 28.4. The van der Waals surface area contributed by atoms with E-state index in [-0.39, 0.29) is 41.2 Å². The van der Waals surface area contributed by atoms with Crippen LogP contribution in [0.2, 0.25) is 5.04 Å². The fourth-order valence-electron chi connectivity index (χ4n) is 8.83. The zero-order valence-electron chi connectivity index (χ0n) is 31.9. The first-order valence-corrected chi connectivity index (χ1v) is 20.7. The van der Waals surface area contributed by atoms with E-state index in [1.807, 2.05) is 30.4 Å². The second-order valence-electron chi connectivity index (χ2n) is 16.6. The van der Waals surface area contributed by atoms with Crippen molar-refractivity contribution < 1.29 is 27.9 Å². The summed E-state index contributed by atoms with van der Waals surface area (Å²) < 4.78 is 27.9. The van der Waals surface area contributed by atoms with Gasteiger partial charge in [-0.1, -0.05) is 120 Å². The quantitative estimate of drug-likeness (QED) is 0.103. The molecule has 0 spiro atoms. The number of imide groups is 1. The lowest BCUT2D eigenvalue weighted by Crippen LogP contribution is -2.68. The summed E-state index contributed by atoms with van der Waals surface area (Å²) in [6.07, 6.45) is 4.66. The lowest BCUT2D eigenvalue weighted by Gasteiger charge is -2.46. The van der Waals surface area contributed by atoms with Crippen molar-refractivity contribution in [1.82, 2.24) is 4.90 Å². The fraction of sp³-hybridized carbons (Fsp3) is 0.326. The van der Waals surface area contributed by atoms with E-state index in [9.17, 15) is 18.8 Å². The largest absolute Gasteiger partial charge is 0.458 e. The Kier molecular flexibility index (Phi) is 9.96. The number of benzene rings is 4. The summed E-state index contributed by atoms with van der Waals surface area (Å²) in [6, 6.07) is 32.4. The molecule has 3 atom stereocenters. The van der Waals surface area contributed by atoms with Crippen molar-refractivity contribution in [3.63, 3.8) is 0 Å². The zero-order valence-corrected chi connectivity index (χ0v) is 32.9.